The lowest BCUT2D eigenvalue weighted by Gasteiger charge is -2.22. The summed E-state index contributed by atoms with van der Waals surface area (Å²) in [5.41, 5.74) is -0.769. The summed E-state index contributed by atoms with van der Waals surface area (Å²) in [5, 5.41) is 8.94. The monoisotopic (exact) mass is 325 g/mol. The lowest BCUT2D eigenvalue weighted by molar-refractivity contribution is -0.137. The van der Waals surface area contributed by atoms with Crippen LogP contribution >= 0.6 is 0 Å². The Morgan fingerprint density at radius 1 is 1.24 bits per heavy atom. The molecule has 0 unspecified atom stereocenters. The van der Waals surface area contributed by atoms with E-state index in [2.05, 4.69) is 0 Å². The highest BCUT2D eigenvalue weighted by molar-refractivity contribution is 7.89. The molecule has 8 heteroatoms. The van der Waals surface area contributed by atoms with Gasteiger partial charge in [-0.05, 0) is 31.0 Å². The molecule has 21 heavy (non-hydrogen) atoms. The van der Waals surface area contributed by atoms with E-state index in [0.29, 0.717) is 12.5 Å². The molecule has 0 aliphatic rings. The molecule has 0 amide bonds. The van der Waals surface area contributed by atoms with Gasteiger partial charge >= 0.3 is 6.18 Å². The summed E-state index contributed by atoms with van der Waals surface area (Å²) in [7, 11) is -4.07. The number of rotatable bonds is 6. The first-order valence-electron chi connectivity index (χ1n) is 6.43. The molecule has 0 aromatic heterocycles. The first kappa shape index (κ1) is 17.9. The van der Waals surface area contributed by atoms with Crippen LogP contribution in [0, 0.1) is 6.92 Å². The van der Waals surface area contributed by atoms with Crippen molar-refractivity contribution in [3.8, 4) is 0 Å². The predicted octanol–water partition coefficient (Wildman–Crippen LogP) is 2.41. The zero-order valence-corrected chi connectivity index (χ0v) is 12.6. The maximum atomic E-state index is 12.7. The molecule has 0 heterocycles. The van der Waals surface area contributed by atoms with E-state index in [0.717, 1.165) is 16.4 Å². The van der Waals surface area contributed by atoms with Crippen molar-refractivity contribution >= 4 is 10.0 Å². The van der Waals surface area contributed by atoms with Gasteiger partial charge in [0.1, 0.15) is 0 Å². The first-order chi connectivity index (χ1) is 9.64. The summed E-state index contributed by atoms with van der Waals surface area (Å²) in [4.78, 5) is -0.376. The van der Waals surface area contributed by atoms with Crippen LogP contribution in [0.3, 0.4) is 0 Å². The van der Waals surface area contributed by atoms with Gasteiger partial charge in [0.05, 0.1) is 17.1 Å². The van der Waals surface area contributed by atoms with E-state index in [1.807, 2.05) is 0 Å². The van der Waals surface area contributed by atoms with E-state index in [-0.39, 0.29) is 23.5 Å². The fraction of sp³-hybridized carbons (Fsp3) is 0.538. The smallest absolute Gasteiger partial charge is 0.395 e. The Hall–Kier alpha value is -1.12. The van der Waals surface area contributed by atoms with Crippen LogP contribution in [0.2, 0.25) is 0 Å². The van der Waals surface area contributed by atoms with E-state index >= 15 is 0 Å². The van der Waals surface area contributed by atoms with Gasteiger partial charge in [-0.15, -0.1) is 0 Å². The van der Waals surface area contributed by atoms with Crippen LogP contribution in [0.25, 0.3) is 0 Å². The fourth-order valence-corrected chi connectivity index (χ4v) is 3.68. The molecule has 0 bridgehead atoms. The molecular formula is C13H18F3NO3S. The minimum absolute atomic E-state index is 0.137. The molecular weight excluding hydrogens is 307 g/mol. The van der Waals surface area contributed by atoms with Crippen LogP contribution in [-0.4, -0.2) is 37.5 Å². The summed E-state index contributed by atoms with van der Waals surface area (Å²) < 4.78 is 64.1. The number of hydrogen-bond acceptors (Lipinski definition) is 3. The Morgan fingerprint density at radius 3 is 2.33 bits per heavy atom. The topological polar surface area (TPSA) is 57.6 Å². The van der Waals surface area contributed by atoms with Crippen LogP contribution in [-0.2, 0) is 16.2 Å². The maximum Gasteiger partial charge on any atom is 0.416 e. The van der Waals surface area contributed by atoms with Crippen molar-refractivity contribution in [2.24, 2.45) is 0 Å². The van der Waals surface area contributed by atoms with E-state index in [1.165, 1.54) is 6.92 Å². The highest BCUT2D eigenvalue weighted by atomic mass is 32.2. The van der Waals surface area contributed by atoms with Crippen LogP contribution in [0.15, 0.2) is 23.1 Å². The summed E-state index contributed by atoms with van der Waals surface area (Å²) in [6, 6.07) is 2.63. The number of hydrogen-bond donors (Lipinski definition) is 1. The molecule has 0 radical (unpaired) electrons. The van der Waals surface area contributed by atoms with Gasteiger partial charge in [0.15, 0.2) is 0 Å². The molecule has 0 saturated heterocycles. The third-order valence-electron chi connectivity index (χ3n) is 2.96. The molecule has 0 saturated carbocycles. The van der Waals surface area contributed by atoms with Gasteiger partial charge in [0.25, 0.3) is 0 Å². The van der Waals surface area contributed by atoms with Gasteiger partial charge in [0.2, 0.25) is 10.0 Å². The molecule has 0 fully saturated rings. The SMILES string of the molecule is CCCN(CCO)S(=O)(=O)c1cc(C(F)(F)F)ccc1C. The summed E-state index contributed by atoms with van der Waals surface area (Å²) in [5.74, 6) is 0. The zero-order chi connectivity index (χ0) is 16.3. The van der Waals surface area contributed by atoms with Gasteiger partial charge in [-0.2, -0.15) is 17.5 Å². The fourth-order valence-electron chi connectivity index (χ4n) is 1.91. The highest BCUT2D eigenvalue weighted by Gasteiger charge is 2.33. The van der Waals surface area contributed by atoms with Crippen molar-refractivity contribution in [2.45, 2.75) is 31.3 Å². The first-order valence-corrected chi connectivity index (χ1v) is 7.87. The second kappa shape index (κ2) is 6.76. The second-order valence-corrected chi connectivity index (χ2v) is 6.51. The van der Waals surface area contributed by atoms with Gasteiger partial charge < -0.3 is 5.11 Å². The van der Waals surface area contributed by atoms with Crippen LogP contribution < -0.4 is 0 Å². The predicted molar refractivity (Wildman–Crippen MR) is 72.3 cm³/mol. The third kappa shape index (κ3) is 4.18. The molecule has 4 nitrogen and oxygen atoms in total. The standard InChI is InChI=1S/C13H18F3NO3S/c1-3-6-17(7-8-18)21(19,20)12-9-11(13(14,15)16)5-4-10(12)2/h4-5,9,18H,3,6-8H2,1-2H3. The largest absolute Gasteiger partial charge is 0.416 e. The van der Waals surface area contributed by atoms with Crippen LogP contribution in [0.1, 0.15) is 24.5 Å². The molecule has 120 valence electrons. The average Bonchev–Trinajstić information content (AvgIpc) is 2.37. The second-order valence-electron chi connectivity index (χ2n) is 4.61. The number of sulfonamides is 1. The Kier molecular flexibility index (Phi) is 5.77. The summed E-state index contributed by atoms with van der Waals surface area (Å²) in [6.45, 7) is 2.79. The van der Waals surface area contributed by atoms with E-state index < -0.39 is 28.4 Å². The number of nitrogens with zero attached hydrogens (tertiary/aromatic N) is 1. The number of aliphatic hydroxyl groups excluding tert-OH is 1. The number of benzene rings is 1. The van der Waals surface area contributed by atoms with Crippen molar-refractivity contribution in [3.05, 3.63) is 29.3 Å². The zero-order valence-electron chi connectivity index (χ0n) is 11.8. The molecule has 0 aliphatic carbocycles. The van der Waals surface area contributed by atoms with Gasteiger partial charge in [0, 0.05) is 13.1 Å². The number of aryl methyl sites for hydroxylation is 1. The van der Waals surface area contributed by atoms with Crippen molar-refractivity contribution in [1.82, 2.24) is 4.31 Å². The molecule has 1 N–H and O–H groups in total. The molecule has 0 aliphatic heterocycles. The third-order valence-corrected chi connectivity index (χ3v) is 5.00. The quantitative estimate of drug-likeness (QED) is 0.874. The van der Waals surface area contributed by atoms with Crippen molar-refractivity contribution in [1.29, 1.82) is 0 Å². The van der Waals surface area contributed by atoms with Gasteiger partial charge in [-0.3, -0.25) is 0 Å². The van der Waals surface area contributed by atoms with Crippen LogP contribution in [0.5, 0.6) is 0 Å². The Balaban J connectivity index is 3.35. The average molecular weight is 325 g/mol. The maximum absolute atomic E-state index is 12.7. The number of halogens is 3. The Morgan fingerprint density at radius 2 is 1.86 bits per heavy atom. The van der Waals surface area contributed by atoms with Crippen molar-refractivity contribution in [3.63, 3.8) is 0 Å². The molecule has 1 aromatic carbocycles. The Bertz CT molecular complexity index is 579. The highest BCUT2D eigenvalue weighted by Crippen LogP contribution is 2.32. The number of aliphatic hydroxyl groups is 1. The summed E-state index contributed by atoms with van der Waals surface area (Å²) in [6.07, 6.45) is -4.11. The molecule has 1 rings (SSSR count). The molecule has 0 atom stereocenters. The van der Waals surface area contributed by atoms with Crippen LogP contribution in [0.4, 0.5) is 13.2 Å². The minimum atomic E-state index is -4.61. The lowest BCUT2D eigenvalue weighted by Crippen LogP contribution is -2.34. The Labute approximate surface area is 122 Å². The van der Waals surface area contributed by atoms with Gasteiger partial charge in [-0.1, -0.05) is 13.0 Å². The van der Waals surface area contributed by atoms with E-state index in [1.54, 1.807) is 6.92 Å². The molecule has 0 spiro atoms. The minimum Gasteiger partial charge on any atom is -0.395 e. The summed E-state index contributed by atoms with van der Waals surface area (Å²) >= 11 is 0. The molecule has 1 aromatic rings. The normalized spacial score (nSPS) is 12.9. The van der Waals surface area contributed by atoms with Crippen molar-refractivity contribution in [2.75, 3.05) is 19.7 Å². The van der Waals surface area contributed by atoms with E-state index in [4.69, 9.17) is 5.11 Å². The number of alkyl halides is 3. The lowest BCUT2D eigenvalue weighted by atomic mass is 10.1. The van der Waals surface area contributed by atoms with Crippen molar-refractivity contribution < 1.29 is 26.7 Å². The van der Waals surface area contributed by atoms with E-state index in [9.17, 15) is 21.6 Å². The van der Waals surface area contributed by atoms with Gasteiger partial charge in [-0.25, -0.2) is 8.42 Å².